The highest BCUT2D eigenvalue weighted by Gasteiger charge is 2.11. The molecule has 0 aromatic heterocycles. The van der Waals surface area contributed by atoms with Crippen molar-refractivity contribution in [1.29, 1.82) is 0 Å². The molecule has 0 aromatic rings. The van der Waals surface area contributed by atoms with Crippen molar-refractivity contribution in [3.05, 3.63) is 0 Å². The highest BCUT2D eigenvalue weighted by atomic mass is 32.2. The lowest BCUT2D eigenvalue weighted by atomic mass is 10.2. The summed E-state index contributed by atoms with van der Waals surface area (Å²) in [5.74, 6) is 1.89. The zero-order valence-electron chi connectivity index (χ0n) is 9.32. The quantitative estimate of drug-likeness (QED) is 0.635. The van der Waals surface area contributed by atoms with E-state index in [0.717, 1.165) is 5.75 Å². The van der Waals surface area contributed by atoms with E-state index in [0.29, 0.717) is 24.5 Å². The van der Waals surface area contributed by atoms with Gasteiger partial charge in [-0.15, -0.1) is 0 Å². The molecular formula is C9H20N2O2S2. The van der Waals surface area contributed by atoms with E-state index in [1.54, 1.807) is 11.8 Å². The van der Waals surface area contributed by atoms with Crippen LogP contribution in [0.5, 0.6) is 0 Å². The van der Waals surface area contributed by atoms with Crippen LogP contribution in [0.25, 0.3) is 0 Å². The van der Waals surface area contributed by atoms with Gasteiger partial charge in [0.1, 0.15) is 0 Å². The molecule has 4 nitrogen and oxygen atoms in total. The van der Waals surface area contributed by atoms with E-state index in [1.807, 2.05) is 13.2 Å². The molecule has 3 N–H and O–H groups in total. The van der Waals surface area contributed by atoms with Gasteiger partial charge in [0.2, 0.25) is 5.91 Å². The van der Waals surface area contributed by atoms with Crippen LogP contribution in [0.1, 0.15) is 13.3 Å². The molecule has 0 fully saturated rings. The van der Waals surface area contributed by atoms with Gasteiger partial charge < -0.3 is 11.1 Å². The van der Waals surface area contributed by atoms with E-state index in [4.69, 9.17) is 5.73 Å². The van der Waals surface area contributed by atoms with Crippen LogP contribution in [0.2, 0.25) is 0 Å². The summed E-state index contributed by atoms with van der Waals surface area (Å²) in [7, 11) is -0.822. The normalized spacial score (nSPS) is 14.6. The number of nitrogens with one attached hydrogen (secondary N) is 1. The fourth-order valence-electron chi connectivity index (χ4n) is 0.939. The van der Waals surface area contributed by atoms with Crippen LogP contribution < -0.4 is 11.1 Å². The molecule has 0 aliphatic carbocycles. The lowest BCUT2D eigenvalue weighted by Gasteiger charge is -2.11. The van der Waals surface area contributed by atoms with Gasteiger partial charge in [-0.05, 0) is 18.4 Å². The average Bonchev–Trinajstić information content (AvgIpc) is 2.25. The van der Waals surface area contributed by atoms with Crippen molar-refractivity contribution < 1.29 is 9.00 Å². The summed E-state index contributed by atoms with van der Waals surface area (Å²) >= 11 is 1.67. The summed E-state index contributed by atoms with van der Waals surface area (Å²) in [5.41, 5.74) is 5.65. The van der Waals surface area contributed by atoms with Gasteiger partial charge in [-0.25, -0.2) is 0 Å². The molecule has 0 rings (SSSR count). The van der Waals surface area contributed by atoms with E-state index in [1.165, 1.54) is 0 Å². The summed E-state index contributed by atoms with van der Waals surface area (Å²) in [4.78, 5) is 11.4. The minimum Gasteiger partial charge on any atom is -0.354 e. The third kappa shape index (κ3) is 7.81. The fraction of sp³-hybridized carbons (Fsp3) is 0.889. The number of carbonyl (C=O) groups excluding carboxylic acids is 1. The van der Waals surface area contributed by atoms with Crippen molar-refractivity contribution in [3.63, 3.8) is 0 Å². The van der Waals surface area contributed by atoms with Gasteiger partial charge in [-0.1, -0.05) is 6.92 Å². The predicted molar refractivity (Wildman–Crippen MR) is 67.5 cm³/mol. The average molecular weight is 252 g/mol. The monoisotopic (exact) mass is 252 g/mol. The van der Waals surface area contributed by atoms with Crippen molar-refractivity contribution in [3.8, 4) is 0 Å². The molecule has 0 spiro atoms. The molecule has 6 heteroatoms. The minimum absolute atomic E-state index is 0.142. The van der Waals surface area contributed by atoms with E-state index in [2.05, 4.69) is 5.32 Å². The highest BCUT2D eigenvalue weighted by Crippen LogP contribution is 1.98. The summed E-state index contributed by atoms with van der Waals surface area (Å²) in [5, 5.41) is 2.69. The molecule has 0 bridgehead atoms. The number of nitrogens with two attached hydrogens (primary N) is 1. The van der Waals surface area contributed by atoms with Crippen molar-refractivity contribution in [2.24, 2.45) is 5.73 Å². The van der Waals surface area contributed by atoms with Crippen LogP contribution in [0.3, 0.4) is 0 Å². The van der Waals surface area contributed by atoms with E-state index < -0.39 is 16.8 Å². The predicted octanol–water partition coefficient (Wildman–Crippen LogP) is -0.0484. The smallest absolute Gasteiger partial charge is 0.236 e. The number of carbonyl (C=O) groups is 1. The largest absolute Gasteiger partial charge is 0.354 e. The Kier molecular flexibility index (Phi) is 9.13. The first kappa shape index (κ1) is 14.9. The van der Waals surface area contributed by atoms with Crippen molar-refractivity contribution >= 4 is 28.5 Å². The number of thioether (sulfide) groups is 1. The SMILES string of the molecule is CCS(=O)CCNC(=O)[C@H](N)CCSC. The Morgan fingerprint density at radius 2 is 2.27 bits per heavy atom. The Bertz CT molecular complexity index is 212. The molecule has 0 saturated carbocycles. The third-order valence-corrected chi connectivity index (χ3v) is 3.87. The van der Waals surface area contributed by atoms with Crippen LogP contribution in [0.4, 0.5) is 0 Å². The summed E-state index contributed by atoms with van der Waals surface area (Å²) < 4.78 is 11.1. The maximum atomic E-state index is 11.4. The van der Waals surface area contributed by atoms with Gasteiger partial charge in [-0.3, -0.25) is 9.00 Å². The Labute approximate surface area is 98.2 Å². The molecule has 0 aromatic carbocycles. The first-order valence-electron chi connectivity index (χ1n) is 4.99. The van der Waals surface area contributed by atoms with Crippen LogP contribution in [-0.2, 0) is 15.6 Å². The van der Waals surface area contributed by atoms with Crippen molar-refractivity contribution in [2.75, 3.05) is 30.1 Å². The molecule has 0 aliphatic rings. The topological polar surface area (TPSA) is 72.2 Å². The van der Waals surface area contributed by atoms with Gasteiger partial charge in [0.25, 0.3) is 0 Å². The Balaban J connectivity index is 3.59. The second-order valence-corrected chi connectivity index (χ2v) is 5.96. The zero-order valence-corrected chi connectivity index (χ0v) is 11.0. The van der Waals surface area contributed by atoms with Gasteiger partial charge in [0.05, 0.1) is 6.04 Å². The minimum atomic E-state index is -0.822. The van der Waals surface area contributed by atoms with Crippen LogP contribution >= 0.6 is 11.8 Å². The number of amides is 1. The van der Waals surface area contributed by atoms with Gasteiger partial charge in [0.15, 0.2) is 0 Å². The van der Waals surface area contributed by atoms with Gasteiger partial charge in [-0.2, -0.15) is 11.8 Å². The molecule has 2 atom stereocenters. The van der Waals surface area contributed by atoms with Crippen LogP contribution in [0, 0.1) is 0 Å². The van der Waals surface area contributed by atoms with Crippen LogP contribution in [-0.4, -0.2) is 46.2 Å². The molecule has 0 saturated heterocycles. The lowest BCUT2D eigenvalue weighted by molar-refractivity contribution is -0.122. The van der Waals surface area contributed by atoms with Gasteiger partial charge >= 0.3 is 0 Å². The van der Waals surface area contributed by atoms with Crippen molar-refractivity contribution in [2.45, 2.75) is 19.4 Å². The molecule has 0 radical (unpaired) electrons. The molecular weight excluding hydrogens is 232 g/mol. The molecule has 0 aliphatic heterocycles. The first-order valence-corrected chi connectivity index (χ1v) is 7.87. The second kappa shape index (κ2) is 9.18. The Morgan fingerprint density at radius 1 is 1.60 bits per heavy atom. The lowest BCUT2D eigenvalue weighted by Crippen LogP contribution is -2.42. The summed E-state index contributed by atoms with van der Waals surface area (Å²) in [6.45, 7) is 2.31. The zero-order chi connectivity index (χ0) is 11.7. The number of hydrogen-bond donors (Lipinski definition) is 2. The molecule has 0 heterocycles. The maximum absolute atomic E-state index is 11.4. The Morgan fingerprint density at radius 3 is 2.80 bits per heavy atom. The van der Waals surface area contributed by atoms with Crippen LogP contribution in [0.15, 0.2) is 0 Å². The number of rotatable bonds is 8. The standard InChI is InChI=1S/C9H20N2O2S2/c1-3-15(13)7-5-11-9(12)8(10)4-6-14-2/h8H,3-7,10H2,1-2H3,(H,11,12)/t8-,15?/m1/s1. The maximum Gasteiger partial charge on any atom is 0.236 e. The Hall–Kier alpha value is -0.0700. The molecule has 1 unspecified atom stereocenters. The molecule has 15 heavy (non-hydrogen) atoms. The molecule has 1 amide bonds. The molecule has 90 valence electrons. The fourth-order valence-corrected chi connectivity index (χ4v) is 2.05. The van der Waals surface area contributed by atoms with Crippen molar-refractivity contribution in [1.82, 2.24) is 5.32 Å². The van der Waals surface area contributed by atoms with Gasteiger partial charge in [0, 0.05) is 28.9 Å². The first-order chi connectivity index (χ1) is 7.11. The second-order valence-electron chi connectivity index (χ2n) is 3.11. The van der Waals surface area contributed by atoms with E-state index in [9.17, 15) is 9.00 Å². The van der Waals surface area contributed by atoms with E-state index >= 15 is 0 Å². The number of hydrogen-bond acceptors (Lipinski definition) is 4. The highest BCUT2D eigenvalue weighted by molar-refractivity contribution is 7.98. The summed E-state index contributed by atoms with van der Waals surface area (Å²) in [6.07, 6.45) is 2.67. The summed E-state index contributed by atoms with van der Waals surface area (Å²) in [6, 6.07) is -0.437. The third-order valence-electron chi connectivity index (χ3n) is 1.92. The van der Waals surface area contributed by atoms with E-state index in [-0.39, 0.29) is 5.91 Å².